The lowest BCUT2D eigenvalue weighted by Crippen LogP contribution is -2.58. The van der Waals surface area contributed by atoms with Crippen LogP contribution in [0.25, 0.3) is 0 Å². The van der Waals surface area contributed by atoms with Crippen LogP contribution in [0.3, 0.4) is 0 Å². The number of rotatable bonds is 1. The minimum Gasteiger partial charge on any atom is -0.325 e. The third kappa shape index (κ3) is 1.75. The molecule has 0 aliphatic carbocycles. The third-order valence-electron chi connectivity index (χ3n) is 3.79. The Morgan fingerprint density at radius 2 is 2.06 bits per heavy atom. The van der Waals surface area contributed by atoms with Gasteiger partial charge in [0, 0.05) is 31.6 Å². The van der Waals surface area contributed by atoms with Gasteiger partial charge < -0.3 is 5.73 Å². The van der Waals surface area contributed by atoms with Gasteiger partial charge in [-0.3, -0.25) is 10.2 Å². The maximum Gasteiger partial charge on any atom is 0.0669 e. The molecular weight excluding hydrogens is 198 g/mol. The van der Waals surface area contributed by atoms with Gasteiger partial charge >= 0.3 is 0 Å². The first-order valence-electron chi connectivity index (χ1n) is 6.12. The van der Waals surface area contributed by atoms with Crippen molar-refractivity contribution in [2.24, 2.45) is 5.73 Å². The summed E-state index contributed by atoms with van der Waals surface area (Å²) in [6.45, 7) is 3.16. The van der Waals surface area contributed by atoms with Crippen LogP contribution in [-0.4, -0.2) is 36.7 Å². The maximum atomic E-state index is 5.97. The molecule has 0 saturated carbocycles. The van der Waals surface area contributed by atoms with Crippen LogP contribution in [0.4, 0.5) is 0 Å². The zero-order valence-corrected chi connectivity index (χ0v) is 9.47. The Morgan fingerprint density at radius 3 is 2.88 bits per heavy atom. The molecule has 3 atom stereocenters. The standard InChI is InChI=1S/C13H19N3/c14-11-8-15-13-12(6-7-16(13)9-11)10-4-2-1-3-5-10/h1-5,11-13,15H,6-9,14H2. The van der Waals surface area contributed by atoms with Gasteiger partial charge in [0.15, 0.2) is 0 Å². The zero-order valence-electron chi connectivity index (χ0n) is 9.47. The smallest absolute Gasteiger partial charge is 0.0669 e. The molecule has 1 aromatic carbocycles. The lowest BCUT2D eigenvalue weighted by molar-refractivity contribution is 0.154. The van der Waals surface area contributed by atoms with Gasteiger partial charge in [-0.1, -0.05) is 30.3 Å². The SMILES string of the molecule is NC1CNC2C(c3ccccc3)CCN2C1. The highest BCUT2D eigenvalue weighted by Gasteiger charge is 2.37. The molecule has 3 heteroatoms. The molecule has 86 valence electrons. The molecule has 0 amide bonds. The highest BCUT2D eigenvalue weighted by molar-refractivity contribution is 5.23. The molecule has 0 bridgehead atoms. The summed E-state index contributed by atoms with van der Waals surface area (Å²) in [7, 11) is 0. The minimum atomic E-state index is 0.297. The van der Waals surface area contributed by atoms with Crippen molar-refractivity contribution in [3.8, 4) is 0 Å². The first-order chi connectivity index (χ1) is 7.84. The van der Waals surface area contributed by atoms with Crippen molar-refractivity contribution in [1.82, 2.24) is 10.2 Å². The topological polar surface area (TPSA) is 41.3 Å². The lowest BCUT2D eigenvalue weighted by Gasteiger charge is -2.36. The number of hydrogen-bond donors (Lipinski definition) is 2. The molecule has 3 nitrogen and oxygen atoms in total. The van der Waals surface area contributed by atoms with Crippen LogP contribution in [-0.2, 0) is 0 Å². The van der Waals surface area contributed by atoms with Gasteiger partial charge in [-0.2, -0.15) is 0 Å². The molecular formula is C13H19N3. The summed E-state index contributed by atoms with van der Waals surface area (Å²) in [6, 6.07) is 11.1. The van der Waals surface area contributed by atoms with Gasteiger partial charge in [-0.15, -0.1) is 0 Å². The van der Waals surface area contributed by atoms with Crippen molar-refractivity contribution in [2.75, 3.05) is 19.6 Å². The average Bonchev–Trinajstić information content (AvgIpc) is 2.73. The lowest BCUT2D eigenvalue weighted by atomic mass is 9.95. The Labute approximate surface area is 96.6 Å². The number of nitrogens with one attached hydrogen (secondary N) is 1. The first kappa shape index (κ1) is 10.3. The Hall–Kier alpha value is -0.900. The number of nitrogens with two attached hydrogens (primary N) is 1. The molecule has 0 aromatic heterocycles. The summed E-state index contributed by atoms with van der Waals surface area (Å²) in [6.07, 6.45) is 1.75. The van der Waals surface area contributed by atoms with Crippen LogP contribution in [0.2, 0.25) is 0 Å². The van der Waals surface area contributed by atoms with Crippen LogP contribution in [0.5, 0.6) is 0 Å². The summed E-state index contributed by atoms with van der Waals surface area (Å²) in [4.78, 5) is 2.49. The second kappa shape index (κ2) is 4.17. The largest absolute Gasteiger partial charge is 0.325 e. The monoisotopic (exact) mass is 217 g/mol. The van der Waals surface area contributed by atoms with E-state index < -0.39 is 0 Å². The fraction of sp³-hybridized carbons (Fsp3) is 0.538. The molecule has 3 unspecified atom stereocenters. The first-order valence-corrected chi connectivity index (χ1v) is 6.12. The molecule has 16 heavy (non-hydrogen) atoms. The number of benzene rings is 1. The van der Waals surface area contributed by atoms with Crippen molar-refractivity contribution in [1.29, 1.82) is 0 Å². The molecule has 2 aliphatic heterocycles. The van der Waals surface area contributed by atoms with Crippen molar-refractivity contribution < 1.29 is 0 Å². The van der Waals surface area contributed by atoms with Gasteiger partial charge in [-0.05, 0) is 12.0 Å². The Bertz CT molecular complexity index is 351. The highest BCUT2D eigenvalue weighted by atomic mass is 15.3. The molecule has 2 saturated heterocycles. The van der Waals surface area contributed by atoms with Crippen molar-refractivity contribution in [3.63, 3.8) is 0 Å². The van der Waals surface area contributed by atoms with E-state index in [9.17, 15) is 0 Å². The van der Waals surface area contributed by atoms with E-state index in [-0.39, 0.29) is 0 Å². The van der Waals surface area contributed by atoms with Gasteiger partial charge in [0.2, 0.25) is 0 Å². The van der Waals surface area contributed by atoms with Crippen molar-refractivity contribution >= 4 is 0 Å². The van der Waals surface area contributed by atoms with E-state index in [2.05, 4.69) is 40.5 Å². The van der Waals surface area contributed by atoms with Crippen LogP contribution >= 0.6 is 0 Å². The van der Waals surface area contributed by atoms with Crippen LogP contribution in [0, 0.1) is 0 Å². The van der Waals surface area contributed by atoms with E-state index in [0.29, 0.717) is 18.1 Å². The Balaban J connectivity index is 1.79. The Morgan fingerprint density at radius 1 is 1.25 bits per heavy atom. The van der Waals surface area contributed by atoms with E-state index >= 15 is 0 Å². The molecule has 2 aliphatic rings. The quantitative estimate of drug-likeness (QED) is 0.729. The molecule has 1 aromatic rings. The minimum absolute atomic E-state index is 0.297. The van der Waals surface area contributed by atoms with Crippen LogP contribution in [0.1, 0.15) is 17.9 Å². The molecule has 2 fully saturated rings. The second-order valence-corrected chi connectivity index (χ2v) is 4.91. The van der Waals surface area contributed by atoms with Crippen molar-refractivity contribution in [3.05, 3.63) is 35.9 Å². The molecule has 3 N–H and O–H groups in total. The molecule has 0 radical (unpaired) electrons. The van der Waals surface area contributed by atoms with E-state index in [0.717, 1.165) is 13.1 Å². The van der Waals surface area contributed by atoms with Gasteiger partial charge in [0.1, 0.15) is 0 Å². The van der Waals surface area contributed by atoms with E-state index in [1.165, 1.54) is 18.5 Å². The number of hydrogen-bond acceptors (Lipinski definition) is 3. The summed E-state index contributed by atoms with van der Waals surface area (Å²) in [5.74, 6) is 0.633. The molecule has 3 rings (SSSR count). The number of nitrogens with zero attached hydrogens (tertiary/aromatic N) is 1. The van der Waals surface area contributed by atoms with Crippen molar-refractivity contribution in [2.45, 2.75) is 24.5 Å². The molecule has 0 spiro atoms. The summed E-state index contributed by atoms with van der Waals surface area (Å²) in [5, 5.41) is 3.58. The number of fused-ring (bicyclic) bond motifs is 1. The summed E-state index contributed by atoms with van der Waals surface area (Å²) in [5.41, 5.74) is 7.43. The maximum absolute atomic E-state index is 5.97. The third-order valence-corrected chi connectivity index (χ3v) is 3.79. The van der Waals surface area contributed by atoms with E-state index in [1.54, 1.807) is 0 Å². The predicted molar refractivity (Wildman–Crippen MR) is 65.1 cm³/mol. The van der Waals surface area contributed by atoms with Gasteiger partial charge in [0.05, 0.1) is 6.17 Å². The van der Waals surface area contributed by atoms with Crippen LogP contribution < -0.4 is 11.1 Å². The average molecular weight is 217 g/mol. The second-order valence-electron chi connectivity index (χ2n) is 4.91. The highest BCUT2D eigenvalue weighted by Crippen LogP contribution is 2.33. The van der Waals surface area contributed by atoms with Crippen LogP contribution in [0.15, 0.2) is 30.3 Å². The van der Waals surface area contributed by atoms with E-state index in [4.69, 9.17) is 5.73 Å². The normalized spacial score (nSPS) is 34.9. The van der Waals surface area contributed by atoms with E-state index in [1.807, 2.05) is 0 Å². The van der Waals surface area contributed by atoms with Gasteiger partial charge in [0.25, 0.3) is 0 Å². The summed E-state index contributed by atoms with van der Waals surface area (Å²) >= 11 is 0. The predicted octanol–water partition coefficient (Wildman–Crippen LogP) is 0.732. The summed E-state index contributed by atoms with van der Waals surface area (Å²) < 4.78 is 0. The fourth-order valence-electron chi connectivity index (χ4n) is 3.02. The zero-order chi connectivity index (χ0) is 11.0. The molecule has 2 heterocycles. The fourth-order valence-corrected chi connectivity index (χ4v) is 3.02. The van der Waals surface area contributed by atoms with Gasteiger partial charge in [-0.25, -0.2) is 0 Å². The Kier molecular flexibility index (Phi) is 2.67.